The molecule has 1 heterocycles. The maximum Gasteiger partial charge on any atom is 0.410 e. The van der Waals surface area contributed by atoms with Gasteiger partial charge in [0.25, 0.3) is 0 Å². The molecule has 0 aromatic heterocycles. The fraction of sp³-hybridized carbons (Fsp3) is 0.680. The highest BCUT2D eigenvalue weighted by atomic mass is 16.6. The second kappa shape index (κ2) is 12.1. The van der Waals surface area contributed by atoms with Crippen LogP contribution in [0.1, 0.15) is 58.6 Å². The van der Waals surface area contributed by atoms with E-state index >= 15 is 0 Å². The first-order chi connectivity index (χ1) is 15.1. The summed E-state index contributed by atoms with van der Waals surface area (Å²) >= 11 is 0. The molecule has 180 valence electrons. The first-order valence-corrected chi connectivity index (χ1v) is 11.8. The molecule has 1 amide bonds. The zero-order valence-corrected chi connectivity index (χ0v) is 21.1. The van der Waals surface area contributed by atoms with Gasteiger partial charge in [0.1, 0.15) is 5.60 Å². The Morgan fingerprint density at radius 1 is 1.19 bits per heavy atom. The number of amides is 1. The van der Waals surface area contributed by atoms with Crippen LogP contribution >= 0.6 is 0 Å². The van der Waals surface area contributed by atoms with E-state index in [0.717, 1.165) is 43.4 Å². The molecule has 0 saturated carbocycles. The van der Waals surface area contributed by atoms with Crippen molar-refractivity contribution in [2.45, 2.75) is 72.2 Å². The molecule has 1 aromatic carbocycles. The number of carbonyl (C=O) groups is 1. The minimum atomic E-state index is -0.488. The Bertz CT molecular complexity index is 732. The highest BCUT2D eigenvalue weighted by Crippen LogP contribution is 2.13. The van der Waals surface area contributed by atoms with Crippen LogP contribution < -0.4 is 10.6 Å². The smallest absolute Gasteiger partial charge is 0.410 e. The molecule has 1 fully saturated rings. The summed E-state index contributed by atoms with van der Waals surface area (Å²) < 4.78 is 5.41. The Balaban J connectivity index is 1.76. The number of aliphatic imine (C=N–C) groups is 1. The molecule has 1 saturated heterocycles. The van der Waals surface area contributed by atoms with Gasteiger partial charge in [0.2, 0.25) is 0 Å². The number of piperidine rings is 1. The second-order valence-corrected chi connectivity index (χ2v) is 10.2. The van der Waals surface area contributed by atoms with E-state index < -0.39 is 5.60 Å². The third-order valence-electron chi connectivity index (χ3n) is 5.38. The Morgan fingerprint density at radius 2 is 1.78 bits per heavy atom. The van der Waals surface area contributed by atoms with Crippen molar-refractivity contribution in [3.63, 3.8) is 0 Å². The molecule has 7 nitrogen and oxygen atoms in total. The van der Waals surface area contributed by atoms with Crippen molar-refractivity contribution in [1.82, 2.24) is 20.4 Å². The highest BCUT2D eigenvalue weighted by molar-refractivity contribution is 5.79. The lowest BCUT2D eigenvalue weighted by Gasteiger charge is -2.34. The monoisotopic (exact) mass is 445 g/mol. The third kappa shape index (κ3) is 9.47. The second-order valence-electron chi connectivity index (χ2n) is 10.2. The Hall–Kier alpha value is -2.28. The van der Waals surface area contributed by atoms with E-state index in [2.05, 4.69) is 58.6 Å². The number of likely N-dealkylation sites (tertiary alicyclic amines) is 1. The molecule has 1 aliphatic rings. The summed E-state index contributed by atoms with van der Waals surface area (Å²) in [6.07, 6.45) is 1.98. The fourth-order valence-corrected chi connectivity index (χ4v) is 3.79. The summed E-state index contributed by atoms with van der Waals surface area (Å²) in [4.78, 5) is 20.7. The summed E-state index contributed by atoms with van der Waals surface area (Å²) in [6, 6.07) is 8.75. The average Bonchev–Trinajstić information content (AvgIpc) is 2.71. The van der Waals surface area contributed by atoms with Crippen molar-refractivity contribution >= 4 is 12.1 Å². The van der Waals surface area contributed by atoms with Gasteiger partial charge in [-0.2, -0.15) is 0 Å². The van der Waals surface area contributed by atoms with Crippen LogP contribution in [-0.2, 0) is 17.8 Å². The topological polar surface area (TPSA) is 69.2 Å². The predicted octanol–water partition coefficient (Wildman–Crippen LogP) is 3.84. The number of benzene rings is 1. The minimum absolute atomic E-state index is 0.312. The molecule has 0 radical (unpaired) electrons. The van der Waals surface area contributed by atoms with Crippen LogP contribution in [0.25, 0.3) is 0 Å². The molecule has 2 N–H and O–H groups in total. The predicted molar refractivity (Wildman–Crippen MR) is 132 cm³/mol. The quantitative estimate of drug-likeness (QED) is 0.493. The molecule has 7 heteroatoms. The minimum Gasteiger partial charge on any atom is -0.444 e. The first kappa shape index (κ1) is 26.0. The summed E-state index contributed by atoms with van der Waals surface area (Å²) in [5.74, 6) is 1.57. The van der Waals surface area contributed by atoms with Crippen molar-refractivity contribution in [1.29, 1.82) is 0 Å². The van der Waals surface area contributed by atoms with Crippen molar-refractivity contribution in [3.05, 3.63) is 35.4 Å². The summed E-state index contributed by atoms with van der Waals surface area (Å²) in [5, 5.41) is 6.99. The lowest BCUT2D eigenvalue weighted by atomic mass is 10.0. The van der Waals surface area contributed by atoms with E-state index in [4.69, 9.17) is 4.74 Å². The molecule has 0 atom stereocenters. The summed E-state index contributed by atoms with van der Waals surface area (Å²) in [6.45, 7) is 14.9. The zero-order valence-electron chi connectivity index (χ0n) is 21.1. The molecule has 0 unspecified atom stereocenters. The van der Waals surface area contributed by atoms with E-state index in [9.17, 15) is 4.79 Å². The van der Waals surface area contributed by atoms with Crippen molar-refractivity contribution < 1.29 is 9.53 Å². The molecule has 32 heavy (non-hydrogen) atoms. The van der Waals surface area contributed by atoms with Crippen molar-refractivity contribution in [3.8, 4) is 0 Å². The normalized spacial score (nSPS) is 16.2. The van der Waals surface area contributed by atoms with Crippen molar-refractivity contribution in [2.75, 3.05) is 33.7 Å². The van der Waals surface area contributed by atoms with Gasteiger partial charge in [0, 0.05) is 52.9 Å². The van der Waals surface area contributed by atoms with Gasteiger partial charge < -0.3 is 25.2 Å². The van der Waals surface area contributed by atoms with Gasteiger partial charge >= 0.3 is 6.09 Å². The van der Waals surface area contributed by atoms with Crippen LogP contribution in [0.15, 0.2) is 29.3 Å². The van der Waals surface area contributed by atoms with E-state index in [1.54, 1.807) is 11.9 Å². The molecular formula is C25H43N5O2. The number of rotatable bonds is 7. The maximum atomic E-state index is 12.1. The average molecular weight is 446 g/mol. The number of nitrogens with one attached hydrogen (secondary N) is 2. The molecule has 1 aromatic rings. The van der Waals surface area contributed by atoms with Gasteiger partial charge in [0.15, 0.2) is 5.96 Å². The van der Waals surface area contributed by atoms with Gasteiger partial charge in [0.05, 0.1) is 0 Å². The van der Waals surface area contributed by atoms with E-state index in [1.165, 1.54) is 12.1 Å². The summed E-state index contributed by atoms with van der Waals surface area (Å²) in [7, 11) is 3.57. The number of ether oxygens (including phenoxy) is 1. The molecule has 0 aliphatic carbocycles. The van der Waals surface area contributed by atoms with Crippen LogP contribution in [0.4, 0.5) is 4.79 Å². The van der Waals surface area contributed by atoms with Crippen LogP contribution in [0.5, 0.6) is 0 Å². The molecular weight excluding hydrogens is 402 g/mol. The Kier molecular flexibility index (Phi) is 9.82. The Morgan fingerprint density at radius 3 is 2.31 bits per heavy atom. The summed E-state index contributed by atoms with van der Waals surface area (Å²) in [5.41, 5.74) is 1.75. The van der Waals surface area contributed by atoms with E-state index in [-0.39, 0.29) is 6.09 Å². The zero-order chi connectivity index (χ0) is 23.7. The third-order valence-corrected chi connectivity index (χ3v) is 5.38. The standard InChI is InChI=1S/C25H43N5O2/c1-19(2)17-30-14-12-22(13-15-30)28-23(26-6)27-16-20-8-10-21(11-9-20)18-29(7)24(31)32-25(3,4)5/h8-11,19,22H,12-18H2,1-7H3,(H2,26,27,28). The number of nitrogens with zero attached hydrogens (tertiary/aromatic N) is 3. The van der Waals surface area contributed by atoms with E-state index in [1.807, 2.05) is 27.8 Å². The van der Waals surface area contributed by atoms with Gasteiger partial charge in [-0.25, -0.2) is 4.79 Å². The largest absolute Gasteiger partial charge is 0.444 e. The SMILES string of the molecule is CN=C(NCc1ccc(CN(C)C(=O)OC(C)(C)C)cc1)NC1CCN(CC(C)C)CC1. The molecule has 0 spiro atoms. The van der Waals surface area contributed by atoms with Gasteiger partial charge in [-0.1, -0.05) is 38.1 Å². The highest BCUT2D eigenvalue weighted by Gasteiger charge is 2.21. The first-order valence-electron chi connectivity index (χ1n) is 11.8. The molecule has 1 aliphatic heterocycles. The molecule has 0 bridgehead atoms. The van der Waals surface area contributed by atoms with Crippen LogP contribution in [0.3, 0.4) is 0 Å². The van der Waals surface area contributed by atoms with Crippen LogP contribution in [0.2, 0.25) is 0 Å². The van der Waals surface area contributed by atoms with Gasteiger partial charge in [-0.15, -0.1) is 0 Å². The molecule has 2 rings (SSSR count). The van der Waals surface area contributed by atoms with Crippen LogP contribution in [0, 0.1) is 5.92 Å². The number of carbonyl (C=O) groups excluding carboxylic acids is 1. The lowest BCUT2D eigenvalue weighted by molar-refractivity contribution is 0.0285. The van der Waals surface area contributed by atoms with Gasteiger partial charge in [-0.3, -0.25) is 4.99 Å². The van der Waals surface area contributed by atoms with Gasteiger partial charge in [-0.05, 0) is 50.7 Å². The lowest BCUT2D eigenvalue weighted by Crippen LogP contribution is -2.48. The Labute approximate surface area is 194 Å². The van der Waals surface area contributed by atoms with Crippen molar-refractivity contribution in [2.24, 2.45) is 10.9 Å². The van der Waals surface area contributed by atoms with Crippen LogP contribution in [-0.4, -0.2) is 67.2 Å². The fourth-order valence-electron chi connectivity index (χ4n) is 3.79. The van der Waals surface area contributed by atoms with E-state index in [0.29, 0.717) is 19.1 Å². The number of hydrogen-bond donors (Lipinski definition) is 2. The number of guanidine groups is 1. The maximum absolute atomic E-state index is 12.1. The number of hydrogen-bond acceptors (Lipinski definition) is 4.